The molecule has 33 heavy (non-hydrogen) atoms. The Kier molecular flexibility index (Phi) is 9.09. The van der Waals surface area contributed by atoms with Crippen molar-refractivity contribution in [3.05, 3.63) is 77.1 Å². The van der Waals surface area contributed by atoms with Gasteiger partial charge in [-0.1, -0.05) is 60.6 Å². The SMILES string of the molecule is CCOc1ccc(NC(=O)C(Cc2ccccc2)NC(=O)c2nc(SCC)ncc2Cl)cc1. The van der Waals surface area contributed by atoms with Crippen LogP contribution in [0.4, 0.5) is 5.69 Å². The highest BCUT2D eigenvalue weighted by Gasteiger charge is 2.24. The highest BCUT2D eigenvalue weighted by atomic mass is 35.5. The molecule has 2 N–H and O–H groups in total. The summed E-state index contributed by atoms with van der Waals surface area (Å²) in [6.45, 7) is 4.42. The summed E-state index contributed by atoms with van der Waals surface area (Å²) in [5, 5.41) is 6.21. The second-order valence-electron chi connectivity index (χ2n) is 6.94. The van der Waals surface area contributed by atoms with Crippen molar-refractivity contribution in [3.8, 4) is 5.75 Å². The maximum absolute atomic E-state index is 13.1. The van der Waals surface area contributed by atoms with E-state index in [9.17, 15) is 9.59 Å². The van der Waals surface area contributed by atoms with Crippen molar-refractivity contribution >= 4 is 40.9 Å². The molecule has 0 bridgehead atoms. The van der Waals surface area contributed by atoms with E-state index in [1.807, 2.05) is 44.2 Å². The molecule has 2 amide bonds. The zero-order valence-electron chi connectivity index (χ0n) is 18.4. The lowest BCUT2D eigenvalue weighted by atomic mass is 10.0. The van der Waals surface area contributed by atoms with Crippen molar-refractivity contribution in [1.82, 2.24) is 15.3 Å². The van der Waals surface area contributed by atoms with Gasteiger partial charge in [-0.3, -0.25) is 9.59 Å². The van der Waals surface area contributed by atoms with Crippen LogP contribution in [-0.2, 0) is 11.2 Å². The summed E-state index contributed by atoms with van der Waals surface area (Å²) in [5.41, 5.74) is 1.53. The Hall–Kier alpha value is -3.10. The van der Waals surface area contributed by atoms with Gasteiger partial charge in [0.2, 0.25) is 5.91 Å². The van der Waals surface area contributed by atoms with Crippen molar-refractivity contribution in [2.45, 2.75) is 31.5 Å². The Balaban J connectivity index is 1.79. The quantitative estimate of drug-likeness (QED) is 0.322. The fraction of sp³-hybridized carbons (Fsp3) is 0.250. The van der Waals surface area contributed by atoms with Crippen LogP contribution >= 0.6 is 23.4 Å². The first kappa shape index (κ1) is 24.5. The van der Waals surface area contributed by atoms with Crippen LogP contribution < -0.4 is 15.4 Å². The number of hydrogen-bond acceptors (Lipinski definition) is 6. The summed E-state index contributed by atoms with van der Waals surface area (Å²) in [6.07, 6.45) is 1.70. The molecule has 0 saturated heterocycles. The van der Waals surface area contributed by atoms with Gasteiger partial charge in [-0.2, -0.15) is 0 Å². The molecule has 0 aliphatic rings. The molecule has 3 rings (SSSR count). The number of benzene rings is 2. The van der Waals surface area contributed by atoms with Gasteiger partial charge in [0.1, 0.15) is 11.8 Å². The number of aromatic nitrogens is 2. The molecule has 7 nitrogen and oxygen atoms in total. The number of anilines is 1. The van der Waals surface area contributed by atoms with Crippen LogP contribution in [0.5, 0.6) is 5.75 Å². The number of rotatable bonds is 10. The van der Waals surface area contributed by atoms with E-state index >= 15 is 0 Å². The zero-order valence-corrected chi connectivity index (χ0v) is 19.9. The predicted molar refractivity (Wildman–Crippen MR) is 131 cm³/mol. The number of carbonyl (C=O) groups is 2. The van der Waals surface area contributed by atoms with Crippen molar-refractivity contribution in [3.63, 3.8) is 0 Å². The molecule has 0 aliphatic carbocycles. The number of hydrogen-bond donors (Lipinski definition) is 2. The third kappa shape index (κ3) is 7.20. The van der Waals surface area contributed by atoms with E-state index in [-0.39, 0.29) is 16.6 Å². The second-order valence-corrected chi connectivity index (χ2v) is 8.58. The van der Waals surface area contributed by atoms with Gasteiger partial charge < -0.3 is 15.4 Å². The van der Waals surface area contributed by atoms with Gasteiger partial charge >= 0.3 is 0 Å². The lowest BCUT2D eigenvalue weighted by molar-refractivity contribution is -0.118. The maximum Gasteiger partial charge on any atom is 0.272 e. The Labute approximate surface area is 202 Å². The van der Waals surface area contributed by atoms with E-state index < -0.39 is 11.9 Å². The van der Waals surface area contributed by atoms with Crippen LogP contribution in [0.25, 0.3) is 0 Å². The molecule has 0 spiro atoms. The molecule has 172 valence electrons. The zero-order chi connectivity index (χ0) is 23.6. The highest BCUT2D eigenvalue weighted by molar-refractivity contribution is 7.99. The minimum Gasteiger partial charge on any atom is -0.494 e. The van der Waals surface area contributed by atoms with Crippen molar-refractivity contribution in [2.24, 2.45) is 0 Å². The van der Waals surface area contributed by atoms with Crippen molar-refractivity contribution in [1.29, 1.82) is 0 Å². The van der Waals surface area contributed by atoms with Crippen LogP contribution in [0.2, 0.25) is 5.02 Å². The number of amides is 2. The number of halogens is 1. The largest absolute Gasteiger partial charge is 0.494 e. The van der Waals surface area contributed by atoms with Gasteiger partial charge in [0.25, 0.3) is 5.91 Å². The van der Waals surface area contributed by atoms with Gasteiger partial charge in [-0.15, -0.1) is 0 Å². The summed E-state index contributed by atoms with van der Waals surface area (Å²) in [5.74, 6) is 0.570. The first-order chi connectivity index (χ1) is 16.0. The molecule has 0 radical (unpaired) electrons. The molecule has 3 aromatic rings. The molecule has 1 aromatic heterocycles. The highest BCUT2D eigenvalue weighted by Crippen LogP contribution is 2.19. The normalized spacial score (nSPS) is 11.5. The predicted octanol–water partition coefficient (Wildman–Crippen LogP) is 4.62. The summed E-state index contributed by atoms with van der Waals surface area (Å²) in [7, 11) is 0. The first-order valence-electron chi connectivity index (χ1n) is 10.5. The maximum atomic E-state index is 13.1. The number of nitrogens with zero attached hydrogens (tertiary/aromatic N) is 2. The third-order valence-electron chi connectivity index (χ3n) is 4.55. The number of carbonyl (C=O) groups excluding carboxylic acids is 2. The van der Waals surface area contributed by atoms with Crippen molar-refractivity contribution < 1.29 is 14.3 Å². The van der Waals surface area contributed by atoms with Crippen molar-refractivity contribution in [2.75, 3.05) is 17.7 Å². The molecule has 1 heterocycles. The molecule has 2 aromatic carbocycles. The molecule has 0 saturated carbocycles. The van der Waals surface area contributed by atoms with Crippen LogP contribution in [0, 0.1) is 0 Å². The number of thioether (sulfide) groups is 1. The molecule has 0 fully saturated rings. The van der Waals surface area contributed by atoms with E-state index in [0.29, 0.717) is 29.6 Å². The van der Waals surface area contributed by atoms with Gasteiger partial charge in [-0.25, -0.2) is 9.97 Å². The minimum atomic E-state index is -0.847. The lowest BCUT2D eigenvalue weighted by Gasteiger charge is -2.19. The van der Waals surface area contributed by atoms with Crippen LogP contribution in [-0.4, -0.2) is 40.2 Å². The topological polar surface area (TPSA) is 93.2 Å². The lowest BCUT2D eigenvalue weighted by Crippen LogP contribution is -2.45. The summed E-state index contributed by atoms with van der Waals surface area (Å²) >= 11 is 7.58. The summed E-state index contributed by atoms with van der Waals surface area (Å²) in [6, 6.07) is 15.7. The molecule has 1 atom stereocenters. The minimum absolute atomic E-state index is 0.0366. The monoisotopic (exact) mass is 484 g/mol. The van der Waals surface area contributed by atoms with Crippen LogP contribution in [0.1, 0.15) is 29.9 Å². The van der Waals surface area contributed by atoms with Gasteiger partial charge in [0, 0.05) is 12.1 Å². The average molecular weight is 485 g/mol. The Bertz CT molecular complexity index is 1080. The summed E-state index contributed by atoms with van der Waals surface area (Å²) in [4.78, 5) is 34.5. The molecule has 1 unspecified atom stereocenters. The van der Waals surface area contributed by atoms with E-state index in [1.165, 1.54) is 18.0 Å². The fourth-order valence-electron chi connectivity index (χ4n) is 3.03. The van der Waals surface area contributed by atoms with Gasteiger partial charge in [0.15, 0.2) is 10.9 Å². The number of nitrogens with one attached hydrogen (secondary N) is 2. The smallest absolute Gasteiger partial charge is 0.272 e. The molecule has 0 aliphatic heterocycles. The Morgan fingerprint density at radius 2 is 1.82 bits per heavy atom. The van der Waals surface area contributed by atoms with E-state index in [0.717, 1.165) is 11.3 Å². The Morgan fingerprint density at radius 3 is 2.48 bits per heavy atom. The van der Waals surface area contributed by atoms with Gasteiger partial charge in [0.05, 0.1) is 17.8 Å². The molecular formula is C24H25ClN4O3S. The number of ether oxygens (including phenoxy) is 1. The van der Waals surface area contributed by atoms with E-state index in [4.69, 9.17) is 16.3 Å². The molecule has 9 heteroatoms. The van der Waals surface area contributed by atoms with E-state index in [2.05, 4.69) is 20.6 Å². The standard InChI is InChI=1S/C24H25ClN4O3S/c1-3-32-18-12-10-17(11-13-18)27-22(30)20(14-16-8-6-5-7-9-16)28-23(31)21-19(25)15-26-24(29-21)33-4-2/h5-13,15,20H,3-4,14H2,1-2H3,(H,27,30)(H,28,31). The van der Waals surface area contributed by atoms with E-state index in [1.54, 1.807) is 24.3 Å². The third-order valence-corrected chi connectivity index (χ3v) is 5.57. The average Bonchev–Trinajstić information content (AvgIpc) is 2.82. The second kappa shape index (κ2) is 12.2. The van der Waals surface area contributed by atoms with Gasteiger partial charge in [-0.05, 0) is 42.5 Å². The first-order valence-corrected chi connectivity index (χ1v) is 11.9. The van der Waals surface area contributed by atoms with Crippen LogP contribution in [0.3, 0.4) is 0 Å². The van der Waals surface area contributed by atoms with Crippen LogP contribution in [0.15, 0.2) is 66.0 Å². The summed E-state index contributed by atoms with van der Waals surface area (Å²) < 4.78 is 5.44. The fourth-order valence-corrected chi connectivity index (χ4v) is 3.74. The Morgan fingerprint density at radius 1 is 1.09 bits per heavy atom. The molecular weight excluding hydrogens is 460 g/mol.